The lowest BCUT2D eigenvalue weighted by molar-refractivity contribution is -0.141. The van der Waals surface area contributed by atoms with Gasteiger partial charge in [-0.15, -0.1) is 0 Å². The number of halogens is 3. The fourth-order valence-electron chi connectivity index (χ4n) is 1.63. The first-order valence-electron chi connectivity index (χ1n) is 5.71. The Morgan fingerprint density at radius 1 is 1.43 bits per heavy atom. The van der Waals surface area contributed by atoms with Crippen molar-refractivity contribution in [3.8, 4) is 0 Å². The SMILES string of the molecule is Cc1cn[nH]c1CNS(=O)(=O)c1cc(C(F)(F)F)nn1C. The summed E-state index contributed by atoms with van der Waals surface area (Å²) in [5.74, 6) is 0. The molecule has 116 valence electrons. The Morgan fingerprint density at radius 3 is 2.57 bits per heavy atom. The van der Waals surface area contributed by atoms with Crippen molar-refractivity contribution in [1.82, 2.24) is 24.7 Å². The van der Waals surface area contributed by atoms with Crippen molar-refractivity contribution in [3.05, 3.63) is 29.2 Å². The Labute approximate surface area is 118 Å². The predicted octanol–water partition coefficient (Wildman–Crippen LogP) is 0.949. The molecule has 2 N–H and O–H groups in total. The van der Waals surface area contributed by atoms with E-state index >= 15 is 0 Å². The summed E-state index contributed by atoms with van der Waals surface area (Å²) in [5, 5.41) is 8.92. The van der Waals surface area contributed by atoms with Crippen molar-refractivity contribution in [2.75, 3.05) is 0 Å². The molecule has 0 spiro atoms. The van der Waals surface area contributed by atoms with Crippen molar-refractivity contribution >= 4 is 10.0 Å². The highest BCUT2D eigenvalue weighted by Gasteiger charge is 2.36. The van der Waals surface area contributed by atoms with Gasteiger partial charge >= 0.3 is 6.18 Å². The minimum atomic E-state index is -4.70. The quantitative estimate of drug-likeness (QED) is 0.876. The molecule has 0 aliphatic rings. The number of hydrogen-bond acceptors (Lipinski definition) is 4. The number of aryl methyl sites for hydroxylation is 2. The highest BCUT2D eigenvalue weighted by Crippen LogP contribution is 2.29. The van der Waals surface area contributed by atoms with Gasteiger partial charge in [0.25, 0.3) is 10.0 Å². The largest absolute Gasteiger partial charge is 0.435 e. The number of aromatic nitrogens is 4. The molecular weight excluding hydrogens is 311 g/mol. The van der Waals surface area contributed by atoms with Crippen LogP contribution in [0.2, 0.25) is 0 Å². The molecule has 0 radical (unpaired) electrons. The molecule has 0 aromatic carbocycles. The van der Waals surface area contributed by atoms with Crippen molar-refractivity contribution in [1.29, 1.82) is 0 Å². The van der Waals surface area contributed by atoms with E-state index in [1.165, 1.54) is 6.20 Å². The molecule has 7 nitrogen and oxygen atoms in total. The Morgan fingerprint density at radius 2 is 2.10 bits per heavy atom. The summed E-state index contributed by atoms with van der Waals surface area (Å²) in [4.78, 5) is 0. The van der Waals surface area contributed by atoms with E-state index in [1.54, 1.807) is 6.92 Å². The zero-order valence-corrected chi connectivity index (χ0v) is 11.9. The van der Waals surface area contributed by atoms with Gasteiger partial charge in [-0.25, -0.2) is 13.1 Å². The number of nitrogens with zero attached hydrogens (tertiary/aromatic N) is 3. The molecule has 11 heteroatoms. The standard InChI is InChI=1S/C10H12F3N5O2S/c1-6-4-14-16-7(6)5-15-21(19,20)9-3-8(10(11,12)13)17-18(9)2/h3-4,15H,5H2,1-2H3,(H,14,16). The third kappa shape index (κ3) is 3.24. The zero-order chi connectivity index (χ0) is 15.8. The van der Waals surface area contributed by atoms with E-state index in [9.17, 15) is 21.6 Å². The third-order valence-electron chi connectivity index (χ3n) is 2.78. The lowest BCUT2D eigenvalue weighted by Gasteiger charge is -2.05. The summed E-state index contributed by atoms with van der Waals surface area (Å²) in [7, 11) is -2.99. The molecule has 2 rings (SSSR count). The summed E-state index contributed by atoms with van der Waals surface area (Å²) in [5.41, 5.74) is -0.00132. The van der Waals surface area contributed by atoms with Crippen LogP contribution in [0.5, 0.6) is 0 Å². The fourth-order valence-corrected chi connectivity index (χ4v) is 2.77. The number of hydrogen-bond donors (Lipinski definition) is 2. The van der Waals surface area contributed by atoms with Gasteiger partial charge in [0.1, 0.15) is 0 Å². The second-order valence-corrected chi connectivity index (χ2v) is 6.06. The molecule has 0 bridgehead atoms. The van der Waals surface area contributed by atoms with Crippen LogP contribution >= 0.6 is 0 Å². The molecule has 0 amide bonds. The maximum Gasteiger partial charge on any atom is 0.435 e. The van der Waals surface area contributed by atoms with E-state index in [-0.39, 0.29) is 6.54 Å². The van der Waals surface area contributed by atoms with Crippen LogP contribution in [0.1, 0.15) is 17.0 Å². The normalized spacial score (nSPS) is 12.8. The van der Waals surface area contributed by atoms with Gasteiger partial charge in [0, 0.05) is 13.1 Å². The second kappa shape index (κ2) is 5.15. The summed E-state index contributed by atoms with van der Waals surface area (Å²) >= 11 is 0. The van der Waals surface area contributed by atoms with E-state index in [1.807, 2.05) is 0 Å². The van der Waals surface area contributed by atoms with Crippen LogP contribution in [0.4, 0.5) is 13.2 Å². The summed E-state index contributed by atoms with van der Waals surface area (Å²) in [6.45, 7) is 1.61. The molecule has 0 aliphatic carbocycles. The number of aromatic amines is 1. The van der Waals surface area contributed by atoms with Gasteiger partial charge in [0.15, 0.2) is 10.7 Å². The van der Waals surface area contributed by atoms with E-state index in [2.05, 4.69) is 20.0 Å². The fraction of sp³-hybridized carbons (Fsp3) is 0.400. The molecule has 0 unspecified atom stereocenters. The van der Waals surface area contributed by atoms with Crippen LogP contribution in [0.15, 0.2) is 17.3 Å². The molecule has 0 saturated carbocycles. The predicted molar refractivity (Wildman–Crippen MR) is 65.6 cm³/mol. The Hall–Kier alpha value is -1.88. The molecule has 21 heavy (non-hydrogen) atoms. The summed E-state index contributed by atoms with van der Waals surface area (Å²) < 4.78 is 64.5. The molecule has 0 aliphatic heterocycles. The van der Waals surface area contributed by atoms with Crippen LogP contribution in [0.3, 0.4) is 0 Å². The number of sulfonamides is 1. The lowest BCUT2D eigenvalue weighted by atomic mass is 10.3. The lowest BCUT2D eigenvalue weighted by Crippen LogP contribution is -2.25. The number of alkyl halides is 3. The molecular formula is C10H12F3N5O2S. The van der Waals surface area contributed by atoms with Crippen LogP contribution in [-0.2, 0) is 29.8 Å². The van der Waals surface area contributed by atoms with E-state index in [0.717, 1.165) is 12.6 Å². The van der Waals surface area contributed by atoms with Crippen LogP contribution in [0, 0.1) is 6.92 Å². The first-order chi connectivity index (χ1) is 9.61. The summed E-state index contributed by atoms with van der Waals surface area (Å²) in [6.07, 6.45) is -3.19. The van der Waals surface area contributed by atoms with E-state index in [4.69, 9.17) is 0 Å². The van der Waals surface area contributed by atoms with Crippen molar-refractivity contribution in [2.45, 2.75) is 24.7 Å². The molecule has 2 aromatic heterocycles. The van der Waals surface area contributed by atoms with Crippen molar-refractivity contribution in [3.63, 3.8) is 0 Å². The maximum absolute atomic E-state index is 12.5. The van der Waals surface area contributed by atoms with Gasteiger partial charge < -0.3 is 0 Å². The molecule has 2 heterocycles. The number of H-pyrrole nitrogens is 1. The number of nitrogens with one attached hydrogen (secondary N) is 2. The molecule has 0 saturated heterocycles. The highest BCUT2D eigenvalue weighted by molar-refractivity contribution is 7.89. The van der Waals surface area contributed by atoms with Crippen LogP contribution in [-0.4, -0.2) is 28.4 Å². The topological polar surface area (TPSA) is 92.7 Å². The Kier molecular flexibility index (Phi) is 3.80. The Bertz CT molecular complexity index is 747. The van der Waals surface area contributed by atoms with Gasteiger partial charge in [-0.1, -0.05) is 0 Å². The average molecular weight is 323 g/mol. The van der Waals surface area contributed by atoms with Crippen molar-refractivity contribution in [2.24, 2.45) is 7.05 Å². The summed E-state index contributed by atoms with van der Waals surface area (Å²) in [6, 6.07) is 0.488. The van der Waals surface area contributed by atoms with Gasteiger partial charge in [-0.05, 0) is 12.5 Å². The first kappa shape index (κ1) is 15.5. The van der Waals surface area contributed by atoms with Gasteiger partial charge in [0.2, 0.25) is 0 Å². The smallest absolute Gasteiger partial charge is 0.281 e. The van der Waals surface area contributed by atoms with E-state index < -0.39 is 26.9 Å². The first-order valence-corrected chi connectivity index (χ1v) is 7.19. The van der Waals surface area contributed by atoms with Crippen LogP contribution < -0.4 is 4.72 Å². The maximum atomic E-state index is 12.5. The minimum Gasteiger partial charge on any atom is -0.281 e. The zero-order valence-electron chi connectivity index (χ0n) is 11.1. The monoisotopic (exact) mass is 323 g/mol. The number of rotatable bonds is 4. The van der Waals surface area contributed by atoms with E-state index in [0.29, 0.717) is 16.4 Å². The Balaban J connectivity index is 2.24. The van der Waals surface area contributed by atoms with Crippen molar-refractivity contribution < 1.29 is 21.6 Å². The minimum absolute atomic E-state index is 0.110. The third-order valence-corrected chi connectivity index (χ3v) is 4.23. The molecule has 2 aromatic rings. The second-order valence-electron chi connectivity index (χ2n) is 4.35. The van der Waals surface area contributed by atoms with Gasteiger partial charge in [-0.3, -0.25) is 9.78 Å². The van der Waals surface area contributed by atoms with Gasteiger partial charge in [-0.2, -0.15) is 23.4 Å². The van der Waals surface area contributed by atoms with Gasteiger partial charge in [0.05, 0.1) is 18.4 Å². The van der Waals surface area contributed by atoms with Crippen LogP contribution in [0.25, 0.3) is 0 Å². The highest BCUT2D eigenvalue weighted by atomic mass is 32.2. The average Bonchev–Trinajstić information content (AvgIpc) is 2.92. The molecule has 0 atom stereocenters. The molecule has 0 fully saturated rings.